The number of carbonyl (C=O) groups excluding carboxylic acids is 1. The highest BCUT2D eigenvalue weighted by atomic mass is 16.1. The molecule has 1 aliphatic heterocycles. The predicted octanol–water partition coefficient (Wildman–Crippen LogP) is 2.62. The largest absolute Gasteiger partial charge is 0.324 e. The monoisotopic (exact) mass is 228 g/mol. The van der Waals surface area contributed by atoms with Crippen LogP contribution in [0.1, 0.15) is 31.2 Å². The molecule has 3 rings (SSSR count). The van der Waals surface area contributed by atoms with Crippen LogP contribution >= 0.6 is 0 Å². The molecule has 1 saturated carbocycles. The Bertz CT molecular complexity index is 473. The van der Waals surface area contributed by atoms with Crippen molar-refractivity contribution in [2.45, 2.75) is 25.7 Å². The minimum Gasteiger partial charge on any atom is -0.324 e. The second-order valence-corrected chi connectivity index (χ2v) is 4.78. The number of fused-ring (bicyclic) bond motifs is 1. The molecule has 3 heteroatoms. The summed E-state index contributed by atoms with van der Waals surface area (Å²) in [7, 11) is 0. The lowest BCUT2D eigenvalue weighted by Crippen LogP contribution is -2.13. The van der Waals surface area contributed by atoms with Crippen LogP contribution < -0.4 is 5.32 Å². The number of anilines is 1. The molecule has 1 fully saturated rings. The van der Waals surface area contributed by atoms with Crippen LogP contribution in [0.15, 0.2) is 29.3 Å². The summed E-state index contributed by atoms with van der Waals surface area (Å²) in [5.41, 5.74) is 3.17. The third-order valence-electron chi connectivity index (χ3n) is 3.61. The lowest BCUT2D eigenvalue weighted by atomic mass is 9.94. The van der Waals surface area contributed by atoms with Gasteiger partial charge in [-0.15, -0.1) is 0 Å². The molecule has 17 heavy (non-hydrogen) atoms. The van der Waals surface area contributed by atoms with Gasteiger partial charge in [0.1, 0.15) is 6.54 Å². The molecule has 0 spiro atoms. The van der Waals surface area contributed by atoms with Crippen molar-refractivity contribution in [3.05, 3.63) is 29.8 Å². The number of rotatable bonds is 1. The average Bonchev–Trinajstić information content (AvgIpc) is 2.80. The van der Waals surface area contributed by atoms with Gasteiger partial charge in [-0.05, 0) is 18.9 Å². The van der Waals surface area contributed by atoms with E-state index in [0.29, 0.717) is 5.92 Å². The second-order valence-electron chi connectivity index (χ2n) is 4.78. The maximum Gasteiger partial charge on any atom is 0.246 e. The quantitative estimate of drug-likeness (QED) is 0.788. The van der Waals surface area contributed by atoms with E-state index in [0.717, 1.165) is 17.0 Å². The first-order valence-corrected chi connectivity index (χ1v) is 6.28. The first-order valence-electron chi connectivity index (χ1n) is 6.28. The molecule has 0 radical (unpaired) electrons. The normalized spacial score (nSPS) is 20.5. The molecule has 88 valence electrons. The van der Waals surface area contributed by atoms with Crippen molar-refractivity contribution in [2.24, 2.45) is 10.9 Å². The number of nitrogens with zero attached hydrogens (tertiary/aromatic N) is 1. The Morgan fingerprint density at radius 2 is 1.94 bits per heavy atom. The molecule has 0 bridgehead atoms. The molecular formula is C14H16N2O. The SMILES string of the molecule is O=C1CN=C(C2CCCC2)c2ccccc2N1. The number of hydrogen-bond acceptors (Lipinski definition) is 2. The molecular weight excluding hydrogens is 212 g/mol. The van der Waals surface area contributed by atoms with Gasteiger partial charge in [0.2, 0.25) is 5.91 Å². The molecule has 0 saturated heterocycles. The minimum absolute atomic E-state index is 0.00885. The van der Waals surface area contributed by atoms with Gasteiger partial charge < -0.3 is 5.32 Å². The number of nitrogens with one attached hydrogen (secondary N) is 1. The molecule has 1 amide bonds. The zero-order valence-electron chi connectivity index (χ0n) is 9.78. The smallest absolute Gasteiger partial charge is 0.246 e. The van der Waals surface area contributed by atoms with Crippen molar-refractivity contribution in [3.8, 4) is 0 Å². The van der Waals surface area contributed by atoms with E-state index in [1.807, 2.05) is 18.2 Å². The summed E-state index contributed by atoms with van der Waals surface area (Å²) in [6.07, 6.45) is 4.99. The van der Waals surface area contributed by atoms with Crippen LogP contribution in [0.5, 0.6) is 0 Å². The van der Waals surface area contributed by atoms with Crippen LogP contribution in [-0.2, 0) is 4.79 Å². The molecule has 2 aliphatic rings. The number of hydrogen-bond donors (Lipinski definition) is 1. The second kappa shape index (κ2) is 4.32. The highest BCUT2D eigenvalue weighted by molar-refractivity contribution is 6.12. The van der Waals surface area contributed by atoms with Crippen molar-refractivity contribution in [1.29, 1.82) is 0 Å². The summed E-state index contributed by atoms with van der Waals surface area (Å²) in [5.74, 6) is 0.536. The first kappa shape index (κ1) is 10.5. The number of benzene rings is 1. The van der Waals surface area contributed by atoms with Crippen molar-refractivity contribution in [3.63, 3.8) is 0 Å². The average molecular weight is 228 g/mol. The summed E-state index contributed by atoms with van der Waals surface area (Å²) >= 11 is 0. The Morgan fingerprint density at radius 3 is 2.76 bits per heavy atom. The zero-order chi connectivity index (χ0) is 11.7. The molecule has 0 atom stereocenters. The molecule has 1 aliphatic carbocycles. The molecule has 0 unspecified atom stereocenters. The Hall–Kier alpha value is -1.64. The van der Waals surface area contributed by atoms with E-state index in [4.69, 9.17) is 0 Å². The van der Waals surface area contributed by atoms with E-state index < -0.39 is 0 Å². The lowest BCUT2D eigenvalue weighted by Gasteiger charge is -2.14. The molecule has 1 aromatic rings. The maximum atomic E-state index is 11.6. The summed E-state index contributed by atoms with van der Waals surface area (Å²) < 4.78 is 0. The first-order chi connectivity index (χ1) is 8.34. The topological polar surface area (TPSA) is 41.5 Å². The fraction of sp³-hybridized carbons (Fsp3) is 0.429. The zero-order valence-corrected chi connectivity index (χ0v) is 9.78. The molecule has 0 aromatic heterocycles. The van der Waals surface area contributed by atoms with Crippen LogP contribution in [0.4, 0.5) is 5.69 Å². The van der Waals surface area contributed by atoms with Crippen LogP contribution in [-0.4, -0.2) is 18.2 Å². The molecule has 1 N–H and O–H groups in total. The van der Waals surface area contributed by atoms with Gasteiger partial charge in [0.05, 0.1) is 0 Å². The number of para-hydroxylation sites is 1. The number of carbonyl (C=O) groups is 1. The predicted molar refractivity (Wildman–Crippen MR) is 68.4 cm³/mol. The Labute approximate surface area is 101 Å². The van der Waals surface area contributed by atoms with Crippen molar-refractivity contribution < 1.29 is 4.79 Å². The van der Waals surface area contributed by atoms with Gasteiger partial charge in [-0.2, -0.15) is 0 Å². The highest BCUT2D eigenvalue weighted by Crippen LogP contribution is 2.31. The lowest BCUT2D eigenvalue weighted by molar-refractivity contribution is -0.114. The summed E-state index contributed by atoms with van der Waals surface area (Å²) in [5, 5.41) is 2.92. The molecule has 1 aromatic carbocycles. The van der Waals surface area contributed by atoms with Gasteiger partial charge in [0.25, 0.3) is 0 Å². The third kappa shape index (κ3) is 1.97. The van der Waals surface area contributed by atoms with Crippen molar-refractivity contribution in [2.75, 3.05) is 11.9 Å². The Morgan fingerprint density at radius 1 is 1.18 bits per heavy atom. The van der Waals surface area contributed by atoms with Gasteiger partial charge in [-0.3, -0.25) is 9.79 Å². The third-order valence-corrected chi connectivity index (χ3v) is 3.61. The minimum atomic E-state index is -0.00885. The Kier molecular flexibility index (Phi) is 2.67. The summed E-state index contributed by atoms with van der Waals surface area (Å²) in [6, 6.07) is 8.00. The van der Waals surface area contributed by atoms with Crippen LogP contribution in [0, 0.1) is 5.92 Å². The van der Waals surface area contributed by atoms with Crippen LogP contribution in [0.3, 0.4) is 0 Å². The van der Waals surface area contributed by atoms with Gasteiger partial charge in [-0.1, -0.05) is 31.0 Å². The van der Waals surface area contributed by atoms with E-state index >= 15 is 0 Å². The number of benzodiazepines with no additional fused rings is 1. The van der Waals surface area contributed by atoms with E-state index in [9.17, 15) is 4.79 Å². The number of aliphatic imine (C=N–C) groups is 1. The highest BCUT2D eigenvalue weighted by Gasteiger charge is 2.25. The summed E-state index contributed by atoms with van der Waals surface area (Å²) in [6.45, 7) is 0.264. The van der Waals surface area contributed by atoms with E-state index in [1.165, 1.54) is 25.7 Å². The van der Waals surface area contributed by atoms with E-state index in [-0.39, 0.29) is 12.5 Å². The fourth-order valence-corrected chi connectivity index (χ4v) is 2.80. The van der Waals surface area contributed by atoms with Gasteiger partial charge in [-0.25, -0.2) is 0 Å². The van der Waals surface area contributed by atoms with Gasteiger partial charge >= 0.3 is 0 Å². The van der Waals surface area contributed by atoms with Gasteiger partial charge in [0, 0.05) is 22.9 Å². The number of amides is 1. The van der Waals surface area contributed by atoms with Crippen molar-refractivity contribution in [1.82, 2.24) is 0 Å². The van der Waals surface area contributed by atoms with Crippen LogP contribution in [0.25, 0.3) is 0 Å². The Balaban J connectivity index is 2.04. The maximum absolute atomic E-state index is 11.6. The van der Waals surface area contributed by atoms with E-state index in [1.54, 1.807) is 0 Å². The van der Waals surface area contributed by atoms with Crippen LogP contribution in [0.2, 0.25) is 0 Å². The molecule has 1 heterocycles. The van der Waals surface area contributed by atoms with Crippen molar-refractivity contribution >= 4 is 17.3 Å². The summed E-state index contributed by atoms with van der Waals surface area (Å²) in [4.78, 5) is 16.1. The van der Waals surface area contributed by atoms with E-state index in [2.05, 4.69) is 16.4 Å². The van der Waals surface area contributed by atoms with Gasteiger partial charge in [0.15, 0.2) is 0 Å². The standard InChI is InChI=1S/C14H16N2O/c17-13-9-15-14(10-5-1-2-6-10)11-7-3-4-8-12(11)16-13/h3-4,7-8,10H,1-2,5-6,9H2,(H,16,17). The fourth-order valence-electron chi connectivity index (χ4n) is 2.80. The molecule has 3 nitrogen and oxygen atoms in total.